The van der Waals surface area contributed by atoms with E-state index in [1.54, 1.807) is 0 Å². The van der Waals surface area contributed by atoms with Gasteiger partial charge in [0.05, 0.1) is 18.9 Å². The van der Waals surface area contributed by atoms with Crippen molar-refractivity contribution in [3.05, 3.63) is 29.8 Å². The van der Waals surface area contributed by atoms with Gasteiger partial charge in [0.1, 0.15) is 17.7 Å². The van der Waals surface area contributed by atoms with Crippen LogP contribution < -0.4 is 0 Å². The number of rotatable bonds is 4. The van der Waals surface area contributed by atoms with Crippen molar-refractivity contribution in [2.24, 2.45) is 11.8 Å². The summed E-state index contributed by atoms with van der Waals surface area (Å²) in [6.07, 6.45) is -1.19. The predicted octanol–water partition coefficient (Wildman–Crippen LogP) is 4.15. The van der Waals surface area contributed by atoms with Crippen molar-refractivity contribution in [3.63, 3.8) is 0 Å². The Hall–Kier alpha value is -2.00. The molecule has 0 radical (unpaired) electrons. The van der Waals surface area contributed by atoms with Gasteiger partial charge in [0, 0.05) is 36.3 Å². The van der Waals surface area contributed by atoms with Gasteiger partial charge in [-0.05, 0) is 57.6 Å². The largest absolute Gasteiger partial charge is 0.433 e. The van der Waals surface area contributed by atoms with Gasteiger partial charge >= 0.3 is 6.18 Å². The van der Waals surface area contributed by atoms with Crippen molar-refractivity contribution in [1.29, 1.82) is 0 Å². The highest BCUT2D eigenvalue weighted by Gasteiger charge is 2.59. The van der Waals surface area contributed by atoms with E-state index < -0.39 is 11.9 Å². The Labute approximate surface area is 179 Å². The van der Waals surface area contributed by atoms with Crippen molar-refractivity contribution in [2.45, 2.75) is 63.8 Å². The number of fused-ring (bicyclic) bond motifs is 1. The average Bonchev–Trinajstić information content (AvgIpc) is 3.09. The molecule has 0 amide bonds. The highest BCUT2D eigenvalue weighted by Crippen LogP contribution is 2.64. The van der Waals surface area contributed by atoms with Gasteiger partial charge in [0.25, 0.3) is 0 Å². The smallest absolute Gasteiger partial charge is 0.379 e. The minimum absolute atomic E-state index is 0.129. The number of halogens is 3. The third kappa shape index (κ3) is 3.75. The summed E-state index contributed by atoms with van der Waals surface area (Å²) in [5.41, 5.74) is 0.887. The summed E-state index contributed by atoms with van der Waals surface area (Å²) in [6, 6.07) is 4.13. The zero-order valence-electron chi connectivity index (χ0n) is 18.0. The minimum Gasteiger partial charge on any atom is -0.379 e. The number of aromatic nitrogens is 4. The van der Waals surface area contributed by atoms with Gasteiger partial charge in [-0.2, -0.15) is 18.3 Å². The second-order valence-corrected chi connectivity index (χ2v) is 9.42. The zero-order chi connectivity index (χ0) is 21.9. The summed E-state index contributed by atoms with van der Waals surface area (Å²) in [6.45, 7) is 8.95. The molecule has 5 rings (SSSR count). The Kier molecular flexibility index (Phi) is 5.08. The molecule has 1 saturated heterocycles. The van der Waals surface area contributed by atoms with Crippen LogP contribution in [0, 0.1) is 11.8 Å². The molecule has 2 aromatic rings. The Bertz CT molecular complexity index is 947. The summed E-state index contributed by atoms with van der Waals surface area (Å²) in [4.78, 5) is 10.0. The van der Waals surface area contributed by atoms with Crippen LogP contribution in [0.1, 0.15) is 57.0 Å². The number of ether oxygens (including phenoxy) is 1. The van der Waals surface area contributed by atoms with E-state index in [4.69, 9.17) is 4.74 Å². The van der Waals surface area contributed by atoms with Crippen LogP contribution in [0.3, 0.4) is 0 Å². The van der Waals surface area contributed by atoms with Crippen molar-refractivity contribution in [2.75, 3.05) is 19.8 Å². The van der Waals surface area contributed by atoms with Crippen LogP contribution >= 0.6 is 0 Å². The fourth-order valence-electron chi connectivity index (χ4n) is 5.65. The van der Waals surface area contributed by atoms with Gasteiger partial charge in [0.2, 0.25) is 0 Å². The molecule has 2 saturated carbocycles. The van der Waals surface area contributed by atoms with Crippen molar-refractivity contribution in [3.8, 4) is 11.4 Å². The number of hydrogen-bond acceptors (Lipinski definition) is 5. The Morgan fingerprint density at radius 3 is 2.48 bits per heavy atom. The van der Waals surface area contributed by atoms with Crippen molar-refractivity contribution >= 4 is 0 Å². The van der Waals surface area contributed by atoms with Crippen molar-refractivity contribution in [1.82, 2.24) is 24.6 Å². The Balaban J connectivity index is 1.37. The maximum atomic E-state index is 13.1. The molecule has 2 unspecified atom stereocenters. The van der Waals surface area contributed by atoms with Crippen LogP contribution in [-0.2, 0) is 10.9 Å². The molecular weight excluding hydrogens is 407 g/mol. The lowest BCUT2D eigenvalue weighted by Crippen LogP contribution is -2.49. The first-order valence-corrected chi connectivity index (χ1v) is 11.1. The van der Waals surface area contributed by atoms with Gasteiger partial charge in [-0.25, -0.2) is 9.97 Å². The molecule has 9 heteroatoms. The van der Waals surface area contributed by atoms with E-state index in [0.717, 1.165) is 37.8 Å². The van der Waals surface area contributed by atoms with Crippen LogP contribution in [-0.4, -0.2) is 56.5 Å². The molecular formula is C22H28F3N5O. The molecule has 5 atom stereocenters. The fourth-order valence-corrected chi connectivity index (χ4v) is 5.65. The second kappa shape index (κ2) is 7.55. The minimum atomic E-state index is -4.50. The van der Waals surface area contributed by atoms with Gasteiger partial charge in [-0.3, -0.25) is 9.58 Å². The number of morpholine rings is 1. The number of nitrogens with zero attached hydrogens (tertiary/aromatic N) is 5. The maximum Gasteiger partial charge on any atom is 0.433 e. The molecule has 0 bridgehead atoms. The normalized spacial score (nSPS) is 31.3. The molecule has 0 N–H and O–H groups in total. The summed E-state index contributed by atoms with van der Waals surface area (Å²) < 4.78 is 46.8. The third-order valence-corrected chi connectivity index (χ3v) is 7.12. The maximum absolute atomic E-state index is 13.1. The molecule has 1 aliphatic heterocycles. The van der Waals surface area contributed by atoms with E-state index in [9.17, 15) is 13.2 Å². The van der Waals surface area contributed by atoms with Gasteiger partial charge in [-0.1, -0.05) is 0 Å². The van der Waals surface area contributed by atoms with E-state index in [0.29, 0.717) is 35.5 Å². The molecule has 3 fully saturated rings. The van der Waals surface area contributed by atoms with E-state index in [-0.39, 0.29) is 11.7 Å². The molecule has 2 aliphatic carbocycles. The summed E-state index contributed by atoms with van der Waals surface area (Å²) in [5.74, 6) is 1.68. The molecule has 6 nitrogen and oxygen atoms in total. The van der Waals surface area contributed by atoms with E-state index in [1.165, 1.54) is 12.8 Å². The van der Waals surface area contributed by atoms with E-state index >= 15 is 0 Å². The third-order valence-electron chi connectivity index (χ3n) is 7.12. The van der Waals surface area contributed by atoms with Gasteiger partial charge in [-0.15, -0.1) is 0 Å². The van der Waals surface area contributed by atoms with Gasteiger partial charge in [0.15, 0.2) is 0 Å². The van der Waals surface area contributed by atoms with Crippen LogP contribution in [0.4, 0.5) is 13.2 Å². The Morgan fingerprint density at radius 2 is 1.84 bits per heavy atom. The first-order valence-electron chi connectivity index (χ1n) is 11.1. The summed E-state index contributed by atoms with van der Waals surface area (Å²) in [5, 5.41) is 4.64. The van der Waals surface area contributed by atoms with Crippen LogP contribution in [0.2, 0.25) is 0 Å². The van der Waals surface area contributed by atoms with Crippen LogP contribution in [0.25, 0.3) is 11.4 Å². The average molecular weight is 435 g/mol. The number of hydrogen-bond donors (Lipinski definition) is 0. The first kappa shape index (κ1) is 20.9. The van der Waals surface area contributed by atoms with Crippen LogP contribution in [0.15, 0.2) is 18.5 Å². The molecule has 3 heterocycles. The lowest BCUT2D eigenvalue weighted by molar-refractivity contribution is -0.141. The fraction of sp³-hybridized carbons (Fsp3) is 0.682. The molecule has 3 aliphatic rings. The van der Waals surface area contributed by atoms with E-state index in [2.05, 4.69) is 40.7 Å². The summed E-state index contributed by atoms with van der Waals surface area (Å²) >= 11 is 0. The molecule has 0 aromatic carbocycles. The topological polar surface area (TPSA) is 56.1 Å². The zero-order valence-corrected chi connectivity index (χ0v) is 18.0. The lowest BCUT2D eigenvalue weighted by atomic mass is 10.0. The highest BCUT2D eigenvalue weighted by atomic mass is 19.4. The molecule has 168 valence electrons. The molecule has 2 aromatic heterocycles. The predicted molar refractivity (Wildman–Crippen MR) is 108 cm³/mol. The molecule has 31 heavy (non-hydrogen) atoms. The van der Waals surface area contributed by atoms with Crippen LogP contribution in [0.5, 0.6) is 0 Å². The highest BCUT2D eigenvalue weighted by molar-refractivity contribution is 5.55. The second-order valence-electron chi connectivity index (χ2n) is 9.42. The Morgan fingerprint density at radius 1 is 1.10 bits per heavy atom. The van der Waals surface area contributed by atoms with Gasteiger partial charge < -0.3 is 4.74 Å². The standard InChI is InChI=1S/C22H28F3N5O/c1-12(2)30-19(8-18(28-30)17-9-20(22(23,24)25)27-11-26-17)21-15-6-14(7-16(15)21)29-4-5-31-10-13(29)3/h8-9,11-16,21H,4-7,10H2,1-3H3/t13-,14?,15-,16+,21?/m1/s1. The first-order chi connectivity index (χ1) is 14.7. The summed E-state index contributed by atoms with van der Waals surface area (Å²) in [7, 11) is 0. The number of alkyl halides is 3. The lowest BCUT2D eigenvalue weighted by Gasteiger charge is -2.38. The molecule has 0 spiro atoms. The van der Waals surface area contributed by atoms with E-state index in [1.807, 2.05) is 10.7 Å². The van der Waals surface area contributed by atoms with Crippen molar-refractivity contribution < 1.29 is 17.9 Å². The quantitative estimate of drug-likeness (QED) is 0.722. The monoisotopic (exact) mass is 435 g/mol. The SMILES string of the molecule is CC(C)n1nc(-c2cc(C(F)(F)F)ncn2)cc1C1[C@H]2CC(N3CCOC[C@H]3C)C[C@@H]12.